The van der Waals surface area contributed by atoms with E-state index in [-0.39, 0.29) is 48.1 Å². The molecule has 170 valence electrons. The second kappa shape index (κ2) is 10.1. The van der Waals surface area contributed by atoms with E-state index in [2.05, 4.69) is 10.0 Å². The number of nitrogens with one attached hydrogen (secondary N) is 2. The van der Waals surface area contributed by atoms with Crippen LogP contribution in [0.3, 0.4) is 0 Å². The topological polar surface area (TPSA) is 125 Å². The summed E-state index contributed by atoms with van der Waals surface area (Å²) in [5.41, 5.74) is -0.823. The molecule has 0 bridgehead atoms. The molecule has 0 saturated carbocycles. The smallest absolute Gasteiger partial charge is 0.265 e. The number of halogens is 1. The van der Waals surface area contributed by atoms with Crippen molar-refractivity contribution in [1.82, 2.24) is 0 Å². The molecule has 2 aromatic carbocycles. The quantitative estimate of drug-likeness (QED) is 0.438. The minimum atomic E-state index is -4.12. The average Bonchev–Trinajstić information content (AvgIpc) is 2.67. The number of alkyl halides is 1. The molecule has 0 aliphatic carbocycles. The number of rotatable bonds is 10. The molecule has 31 heavy (non-hydrogen) atoms. The number of amides is 1. The Morgan fingerprint density at radius 3 is 2.39 bits per heavy atom. The second-order valence-corrected chi connectivity index (χ2v) is 8.88. The molecule has 0 aliphatic heterocycles. The van der Waals surface area contributed by atoms with Gasteiger partial charge in [-0.05, 0) is 56.2 Å². The number of hydrogen-bond donors (Lipinski definition) is 4. The van der Waals surface area contributed by atoms with Crippen molar-refractivity contribution in [2.75, 3.05) is 23.3 Å². The van der Waals surface area contributed by atoms with Gasteiger partial charge >= 0.3 is 0 Å². The molecule has 0 spiro atoms. The predicted octanol–water partition coefficient (Wildman–Crippen LogP) is 2.90. The van der Waals surface area contributed by atoms with Gasteiger partial charge in [-0.1, -0.05) is 6.07 Å². The molecule has 1 amide bonds. The molecule has 0 fully saturated rings. The number of aliphatic hydroxyl groups is 2. The van der Waals surface area contributed by atoms with Gasteiger partial charge < -0.3 is 20.3 Å². The normalized spacial score (nSPS) is 11.8. The second-order valence-electron chi connectivity index (χ2n) is 7.22. The Balaban J connectivity index is 2.40. The van der Waals surface area contributed by atoms with Gasteiger partial charge in [0.1, 0.15) is 16.3 Å². The van der Waals surface area contributed by atoms with Gasteiger partial charge in [-0.2, -0.15) is 0 Å². The van der Waals surface area contributed by atoms with E-state index in [1.807, 2.05) is 0 Å². The number of ether oxygens (including phenoxy) is 1. The first-order valence-electron chi connectivity index (χ1n) is 9.65. The Morgan fingerprint density at radius 2 is 1.81 bits per heavy atom. The number of carbonyl (C=O) groups is 1. The van der Waals surface area contributed by atoms with Gasteiger partial charge in [-0.25, -0.2) is 12.8 Å². The summed E-state index contributed by atoms with van der Waals surface area (Å²) in [7, 11) is -4.12. The zero-order valence-corrected chi connectivity index (χ0v) is 18.4. The fraction of sp³-hybridized carbons (Fsp3) is 0.381. The molecule has 8 nitrogen and oxygen atoms in total. The number of sulfonamides is 1. The molecule has 2 aromatic rings. The van der Waals surface area contributed by atoms with Crippen LogP contribution in [0.5, 0.6) is 5.75 Å². The first kappa shape index (κ1) is 24.6. The predicted molar refractivity (Wildman–Crippen MR) is 115 cm³/mol. The van der Waals surface area contributed by atoms with Crippen molar-refractivity contribution in [2.45, 2.75) is 44.4 Å². The SMILES string of the molecule is CCOc1cc(NC(=O)CCO)ccc1S(=O)(=O)Nc1ccc(CO)c(C(C)(C)F)c1. The number of anilines is 2. The lowest BCUT2D eigenvalue weighted by molar-refractivity contribution is -0.116. The van der Waals surface area contributed by atoms with Crippen molar-refractivity contribution in [2.24, 2.45) is 0 Å². The van der Waals surface area contributed by atoms with Crippen molar-refractivity contribution in [3.63, 3.8) is 0 Å². The minimum Gasteiger partial charge on any atom is -0.492 e. The monoisotopic (exact) mass is 454 g/mol. The maximum Gasteiger partial charge on any atom is 0.265 e. The zero-order chi connectivity index (χ0) is 23.2. The lowest BCUT2D eigenvalue weighted by Gasteiger charge is -2.20. The van der Waals surface area contributed by atoms with Gasteiger partial charge in [0, 0.05) is 17.4 Å². The van der Waals surface area contributed by atoms with Crippen LogP contribution in [-0.4, -0.2) is 37.8 Å². The van der Waals surface area contributed by atoms with Gasteiger partial charge in [0.05, 0.1) is 26.2 Å². The highest BCUT2D eigenvalue weighted by Gasteiger charge is 2.25. The van der Waals surface area contributed by atoms with Crippen LogP contribution in [0.4, 0.5) is 15.8 Å². The third kappa shape index (κ3) is 6.39. The largest absolute Gasteiger partial charge is 0.492 e. The van der Waals surface area contributed by atoms with E-state index < -0.39 is 21.6 Å². The maximum absolute atomic E-state index is 14.5. The van der Waals surface area contributed by atoms with E-state index in [0.29, 0.717) is 11.3 Å². The zero-order valence-electron chi connectivity index (χ0n) is 17.6. The Bertz CT molecular complexity index is 1030. The van der Waals surface area contributed by atoms with Gasteiger partial charge in [0.15, 0.2) is 0 Å². The molecular weight excluding hydrogens is 427 g/mol. The van der Waals surface area contributed by atoms with Crippen LogP contribution >= 0.6 is 0 Å². The molecular formula is C21H27FN2O6S. The summed E-state index contributed by atoms with van der Waals surface area (Å²) in [6, 6.07) is 8.28. The Labute approximate surface area is 181 Å². The average molecular weight is 455 g/mol. The van der Waals surface area contributed by atoms with Gasteiger partial charge in [-0.3, -0.25) is 9.52 Å². The van der Waals surface area contributed by atoms with Crippen molar-refractivity contribution < 1.29 is 32.6 Å². The molecule has 0 heterocycles. The Hall–Kier alpha value is -2.69. The molecule has 2 rings (SSSR count). The lowest BCUT2D eigenvalue weighted by Crippen LogP contribution is -2.18. The van der Waals surface area contributed by atoms with Crippen LogP contribution in [0.25, 0.3) is 0 Å². The lowest BCUT2D eigenvalue weighted by atomic mass is 9.94. The van der Waals surface area contributed by atoms with Crippen LogP contribution in [-0.2, 0) is 27.1 Å². The van der Waals surface area contributed by atoms with E-state index in [1.54, 1.807) is 6.92 Å². The summed E-state index contributed by atoms with van der Waals surface area (Å²) < 4.78 is 48.3. The molecule has 0 aliphatic rings. The van der Waals surface area contributed by atoms with Crippen molar-refractivity contribution in [1.29, 1.82) is 0 Å². The van der Waals surface area contributed by atoms with Crippen molar-refractivity contribution in [3.8, 4) is 5.75 Å². The summed E-state index contributed by atoms with van der Waals surface area (Å²) >= 11 is 0. The van der Waals surface area contributed by atoms with E-state index in [9.17, 15) is 22.7 Å². The van der Waals surface area contributed by atoms with Crippen molar-refractivity contribution in [3.05, 3.63) is 47.5 Å². The fourth-order valence-electron chi connectivity index (χ4n) is 2.94. The van der Waals surface area contributed by atoms with Crippen LogP contribution < -0.4 is 14.8 Å². The van der Waals surface area contributed by atoms with Gasteiger partial charge in [-0.15, -0.1) is 0 Å². The van der Waals surface area contributed by atoms with Crippen LogP contribution in [0, 0.1) is 0 Å². The van der Waals surface area contributed by atoms with Crippen LogP contribution in [0.1, 0.15) is 38.3 Å². The number of aliphatic hydroxyl groups excluding tert-OH is 2. The van der Waals surface area contributed by atoms with E-state index >= 15 is 0 Å². The molecule has 4 N–H and O–H groups in total. The summed E-state index contributed by atoms with van der Waals surface area (Å²) in [6.45, 7) is 3.81. The van der Waals surface area contributed by atoms with Crippen LogP contribution in [0.15, 0.2) is 41.3 Å². The minimum absolute atomic E-state index is 0.0230. The highest BCUT2D eigenvalue weighted by Crippen LogP contribution is 2.33. The molecule has 0 saturated heterocycles. The molecule has 0 unspecified atom stereocenters. The standard InChI is InChI=1S/C21H27FN2O6S/c1-4-30-18-12-15(23-20(27)9-10-25)7-8-19(18)31(28,29)24-16-6-5-14(13-26)17(11-16)21(2,3)22/h5-8,11-12,24-26H,4,9-10,13H2,1-3H3,(H,23,27). The first-order valence-corrected chi connectivity index (χ1v) is 11.1. The molecule has 10 heteroatoms. The van der Waals surface area contributed by atoms with E-state index in [1.165, 1.54) is 50.2 Å². The molecule has 0 aromatic heterocycles. The Kier molecular flexibility index (Phi) is 7.99. The molecule has 0 atom stereocenters. The number of hydrogen-bond acceptors (Lipinski definition) is 6. The van der Waals surface area contributed by atoms with Gasteiger partial charge in [0.2, 0.25) is 5.91 Å². The number of carbonyl (C=O) groups excluding carboxylic acids is 1. The van der Waals surface area contributed by atoms with Crippen molar-refractivity contribution >= 4 is 27.3 Å². The number of benzene rings is 2. The maximum atomic E-state index is 14.5. The highest BCUT2D eigenvalue weighted by atomic mass is 32.2. The summed E-state index contributed by atoms with van der Waals surface area (Å²) in [4.78, 5) is 11.5. The summed E-state index contributed by atoms with van der Waals surface area (Å²) in [6.07, 6.45) is -0.0946. The summed E-state index contributed by atoms with van der Waals surface area (Å²) in [5.74, 6) is -0.404. The third-order valence-corrected chi connectivity index (χ3v) is 5.75. The summed E-state index contributed by atoms with van der Waals surface area (Å²) in [5, 5.41) is 20.8. The molecule has 0 radical (unpaired) electrons. The van der Waals surface area contributed by atoms with Gasteiger partial charge in [0.25, 0.3) is 10.0 Å². The van der Waals surface area contributed by atoms with Crippen LogP contribution in [0.2, 0.25) is 0 Å². The Morgan fingerprint density at radius 1 is 1.13 bits per heavy atom. The fourth-order valence-corrected chi connectivity index (χ4v) is 4.12. The first-order chi connectivity index (χ1) is 14.5. The highest BCUT2D eigenvalue weighted by molar-refractivity contribution is 7.92. The van der Waals surface area contributed by atoms with E-state index in [0.717, 1.165) is 0 Å². The third-order valence-electron chi connectivity index (χ3n) is 4.33. The van der Waals surface area contributed by atoms with E-state index in [4.69, 9.17) is 9.84 Å².